The lowest BCUT2D eigenvalue weighted by molar-refractivity contribution is -0.143. The van der Waals surface area contributed by atoms with Gasteiger partial charge in [-0.3, -0.25) is 4.79 Å². The predicted molar refractivity (Wildman–Crippen MR) is 73.5 cm³/mol. The van der Waals surface area contributed by atoms with E-state index in [-0.39, 0.29) is 18.2 Å². The lowest BCUT2D eigenvalue weighted by atomic mass is 9.84. The summed E-state index contributed by atoms with van der Waals surface area (Å²) >= 11 is 0. The molecule has 7 nitrogen and oxygen atoms in total. The number of aryl methyl sites for hydroxylation is 2. The molecule has 1 unspecified atom stereocenters. The molecule has 0 saturated heterocycles. The summed E-state index contributed by atoms with van der Waals surface area (Å²) in [6.45, 7) is 1.70. The highest BCUT2D eigenvalue weighted by Gasteiger charge is 2.30. The van der Waals surface area contributed by atoms with E-state index in [1.807, 2.05) is 0 Å². The van der Waals surface area contributed by atoms with Crippen LogP contribution in [-0.2, 0) is 16.0 Å². The van der Waals surface area contributed by atoms with Crippen LogP contribution in [0.25, 0.3) is 0 Å². The number of carbonyl (C=O) groups excluding carboxylic acids is 1. The van der Waals surface area contributed by atoms with Crippen LogP contribution in [0.15, 0.2) is 4.52 Å². The second kappa shape index (κ2) is 7.19. The third-order valence-electron chi connectivity index (χ3n) is 3.84. The summed E-state index contributed by atoms with van der Waals surface area (Å²) in [5, 5.41) is 15.6. The Labute approximate surface area is 123 Å². The van der Waals surface area contributed by atoms with Gasteiger partial charge in [0.1, 0.15) is 6.04 Å². The van der Waals surface area contributed by atoms with E-state index in [4.69, 9.17) is 4.52 Å². The Kier molecular flexibility index (Phi) is 5.30. The topological polar surface area (TPSA) is 105 Å². The molecule has 2 rings (SSSR count). The average Bonchev–Trinajstić information content (AvgIpc) is 2.89. The molecule has 0 bridgehead atoms. The highest BCUT2D eigenvalue weighted by molar-refractivity contribution is 5.83. The number of carbonyl (C=O) groups is 2. The molecular weight excluding hydrogens is 274 g/mol. The largest absolute Gasteiger partial charge is 0.480 e. The van der Waals surface area contributed by atoms with Crippen molar-refractivity contribution in [1.82, 2.24) is 15.5 Å². The van der Waals surface area contributed by atoms with Crippen LogP contribution >= 0.6 is 0 Å². The molecule has 0 aromatic carbocycles. The number of amides is 1. The maximum absolute atomic E-state index is 11.9. The van der Waals surface area contributed by atoms with Gasteiger partial charge in [-0.1, -0.05) is 24.4 Å². The summed E-state index contributed by atoms with van der Waals surface area (Å²) in [6.07, 6.45) is 5.41. The van der Waals surface area contributed by atoms with Crippen molar-refractivity contribution in [2.24, 2.45) is 5.92 Å². The fraction of sp³-hybridized carbons (Fsp3) is 0.714. The van der Waals surface area contributed by atoms with E-state index < -0.39 is 12.0 Å². The molecule has 0 radical (unpaired) electrons. The van der Waals surface area contributed by atoms with E-state index >= 15 is 0 Å². The minimum absolute atomic E-state index is 0.0332. The monoisotopic (exact) mass is 295 g/mol. The molecule has 0 spiro atoms. The molecule has 1 atom stereocenters. The van der Waals surface area contributed by atoms with Gasteiger partial charge in [-0.05, 0) is 25.7 Å². The number of carboxylic acids is 1. The van der Waals surface area contributed by atoms with Gasteiger partial charge in [0.15, 0.2) is 5.82 Å². The molecule has 116 valence electrons. The van der Waals surface area contributed by atoms with Gasteiger partial charge in [0.05, 0.1) is 0 Å². The summed E-state index contributed by atoms with van der Waals surface area (Å²) in [5.41, 5.74) is 0. The minimum Gasteiger partial charge on any atom is -0.480 e. The van der Waals surface area contributed by atoms with Crippen LogP contribution in [0.5, 0.6) is 0 Å². The third-order valence-corrected chi connectivity index (χ3v) is 3.84. The van der Waals surface area contributed by atoms with E-state index in [0.29, 0.717) is 18.1 Å². The Morgan fingerprint density at radius 3 is 2.67 bits per heavy atom. The standard InChI is InChI=1S/C14H21N3O4/c1-9-15-12(21-17-9)8-7-11(18)16-13(14(19)20)10-5-3-2-4-6-10/h10,13H,2-8H2,1H3,(H,16,18)(H,19,20). The van der Waals surface area contributed by atoms with Crippen LogP contribution in [0.3, 0.4) is 0 Å². The van der Waals surface area contributed by atoms with Crippen LogP contribution in [0.4, 0.5) is 0 Å². The minimum atomic E-state index is -0.955. The van der Waals surface area contributed by atoms with Gasteiger partial charge in [0.25, 0.3) is 0 Å². The first-order chi connectivity index (χ1) is 10.1. The van der Waals surface area contributed by atoms with Crippen molar-refractivity contribution in [3.05, 3.63) is 11.7 Å². The molecule has 1 aliphatic carbocycles. The van der Waals surface area contributed by atoms with Crippen molar-refractivity contribution < 1.29 is 19.2 Å². The zero-order chi connectivity index (χ0) is 15.2. The Morgan fingerprint density at radius 2 is 2.10 bits per heavy atom. The smallest absolute Gasteiger partial charge is 0.326 e. The van der Waals surface area contributed by atoms with Gasteiger partial charge in [0, 0.05) is 12.8 Å². The Bertz CT molecular complexity index is 494. The van der Waals surface area contributed by atoms with Crippen molar-refractivity contribution in [2.45, 2.75) is 57.9 Å². The molecule has 1 amide bonds. The summed E-state index contributed by atoms with van der Waals surface area (Å²) in [4.78, 5) is 27.3. The maximum Gasteiger partial charge on any atom is 0.326 e. The van der Waals surface area contributed by atoms with Crippen LogP contribution in [0.1, 0.15) is 50.2 Å². The number of aliphatic carboxylic acids is 1. The number of nitrogens with one attached hydrogen (secondary N) is 1. The number of nitrogens with zero attached hydrogens (tertiary/aromatic N) is 2. The molecule has 1 aromatic rings. The SMILES string of the molecule is Cc1noc(CCC(=O)NC(C(=O)O)C2CCCCC2)n1. The Balaban J connectivity index is 1.84. The predicted octanol–water partition coefficient (Wildman–Crippen LogP) is 1.46. The summed E-state index contributed by atoms with van der Waals surface area (Å²) in [5.74, 6) is -0.290. The highest BCUT2D eigenvalue weighted by atomic mass is 16.5. The maximum atomic E-state index is 11.9. The summed E-state index contributed by atoms with van der Waals surface area (Å²) < 4.78 is 4.93. The van der Waals surface area contributed by atoms with Crippen LogP contribution in [0.2, 0.25) is 0 Å². The molecule has 0 aliphatic heterocycles. The van der Waals surface area contributed by atoms with Crippen LogP contribution in [-0.4, -0.2) is 33.2 Å². The fourth-order valence-corrected chi connectivity index (χ4v) is 2.76. The Hall–Kier alpha value is -1.92. The van der Waals surface area contributed by atoms with E-state index in [1.54, 1.807) is 6.92 Å². The zero-order valence-electron chi connectivity index (χ0n) is 12.2. The average molecular weight is 295 g/mol. The molecular formula is C14H21N3O4. The van der Waals surface area contributed by atoms with Crippen LogP contribution in [0, 0.1) is 12.8 Å². The molecule has 7 heteroatoms. The molecule has 1 aromatic heterocycles. The summed E-state index contributed by atoms with van der Waals surface area (Å²) in [6, 6.07) is -0.790. The molecule has 21 heavy (non-hydrogen) atoms. The van der Waals surface area contributed by atoms with Gasteiger partial charge < -0.3 is 14.9 Å². The van der Waals surface area contributed by atoms with Crippen molar-refractivity contribution in [3.8, 4) is 0 Å². The molecule has 1 saturated carbocycles. The number of hydrogen-bond donors (Lipinski definition) is 2. The zero-order valence-corrected chi connectivity index (χ0v) is 12.2. The van der Waals surface area contributed by atoms with Crippen molar-refractivity contribution >= 4 is 11.9 Å². The quantitative estimate of drug-likeness (QED) is 0.823. The van der Waals surface area contributed by atoms with Gasteiger partial charge in [-0.25, -0.2) is 4.79 Å². The second-order valence-corrected chi connectivity index (χ2v) is 5.52. The number of aromatic nitrogens is 2. The van der Waals surface area contributed by atoms with E-state index in [1.165, 1.54) is 0 Å². The molecule has 1 aliphatic rings. The number of rotatable bonds is 6. The first-order valence-electron chi connectivity index (χ1n) is 7.37. The van der Waals surface area contributed by atoms with Gasteiger partial charge in [0.2, 0.25) is 11.8 Å². The van der Waals surface area contributed by atoms with E-state index in [0.717, 1.165) is 32.1 Å². The molecule has 1 fully saturated rings. The molecule has 2 N–H and O–H groups in total. The van der Waals surface area contributed by atoms with E-state index in [9.17, 15) is 14.7 Å². The fourth-order valence-electron chi connectivity index (χ4n) is 2.76. The third kappa shape index (κ3) is 4.54. The first-order valence-corrected chi connectivity index (χ1v) is 7.37. The van der Waals surface area contributed by atoms with Gasteiger partial charge in [-0.15, -0.1) is 0 Å². The normalized spacial score (nSPS) is 17.4. The second-order valence-electron chi connectivity index (χ2n) is 5.52. The lowest BCUT2D eigenvalue weighted by Gasteiger charge is -2.28. The Morgan fingerprint density at radius 1 is 1.38 bits per heavy atom. The first kappa shape index (κ1) is 15.5. The van der Waals surface area contributed by atoms with Crippen molar-refractivity contribution in [1.29, 1.82) is 0 Å². The highest BCUT2D eigenvalue weighted by Crippen LogP contribution is 2.26. The van der Waals surface area contributed by atoms with Gasteiger partial charge >= 0.3 is 5.97 Å². The summed E-state index contributed by atoms with van der Waals surface area (Å²) in [7, 11) is 0. The van der Waals surface area contributed by atoms with Gasteiger partial charge in [-0.2, -0.15) is 4.98 Å². The van der Waals surface area contributed by atoms with Crippen LogP contribution < -0.4 is 5.32 Å². The number of carboxylic acid groups (broad SMARTS) is 1. The molecule has 1 heterocycles. The van der Waals surface area contributed by atoms with E-state index in [2.05, 4.69) is 15.5 Å². The number of hydrogen-bond acceptors (Lipinski definition) is 5. The van der Waals surface area contributed by atoms with Crippen molar-refractivity contribution in [2.75, 3.05) is 0 Å². The lowest BCUT2D eigenvalue weighted by Crippen LogP contribution is -2.46. The van der Waals surface area contributed by atoms with Crippen molar-refractivity contribution in [3.63, 3.8) is 0 Å².